The minimum absolute atomic E-state index is 0.0375. The summed E-state index contributed by atoms with van der Waals surface area (Å²) in [7, 11) is 0. The van der Waals surface area contributed by atoms with Gasteiger partial charge in [-0.1, -0.05) is 35.9 Å². The maximum atomic E-state index is 11.3. The summed E-state index contributed by atoms with van der Waals surface area (Å²) in [5, 5.41) is 2.74. The zero-order valence-corrected chi connectivity index (χ0v) is 8.42. The monoisotopic (exact) mass is 189 g/mol. The van der Waals surface area contributed by atoms with E-state index in [9.17, 15) is 4.79 Å². The van der Waals surface area contributed by atoms with E-state index in [2.05, 4.69) is 11.9 Å². The van der Waals surface area contributed by atoms with Crippen molar-refractivity contribution in [1.82, 2.24) is 5.32 Å². The van der Waals surface area contributed by atoms with E-state index in [1.54, 1.807) is 6.08 Å². The third kappa shape index (κ3) is 3.44. The summed E-state index contributed by atoms with van der Waals surface area (Å²) in [5.74, 6) is 0.0375. The Hall–Kier alpha value is -1.57. The predicted molar refractivity (Wildman–Crippen MR) is 58.1 cm³/mol. The highest BCUT2D eigenvalue weighted by Gasteiger charge is 2.01. The molecule has 74 valence electrons. The first-order valence-corrected chi connectivity index (χ1v) is 4.65. The maximum Gasteiger partial charge on any atom is 0.224 e. The van der Waals surface area contributed by atoms with Gasteiger partial charge < -0.3 is 5.32 Å². The van der Waals surface area contributed by atoms with Crippen LogP contribution in [0.15, 0.2) is 36.9 Å². The van der Waals surface area contributed by atoms with Gasteiger partial charge in [0, 0.05) is 6.54 Å². The second-order valence-electron chi connectivity index (χ2n) is 3.26. The molecule has 0 fully saturated rings. The zero-order chi connectivity index (χ0) is 10.4. The third-order valence-corrected chi connectivity index (χ3v) is 1.89. The van der Waals surface area contributed by atoms with Gasteiger partial charge in [-0.2, -0.15) is 0 Å². The molecule has 2 nitrogen and oxygen atoms in total. The fourth-order valence-electron chi connectivity index (χ4n) is 1.26. The van der Waals surface area contributed by atoms with Gasteiger partial charge in [-0.25, -0.2) is 0 Å². The molecule has 1 aromatic rings. The largest absolute Gasteiger partial charge is 0.352 e. The van der Waals surface area contributed by atoms with Crippen LogP contribution in [-0.2, 0) is 11.2 Å². The number of benzene rings is 1. The zero-order valence-electron chi connectivity index (χ0n) is 8.42. The fourth-order valence-corrected chi connectivity index (χ4v) is 1.26. The van der Waals surface area contributed by atoms with Crippen LogP contribution in [0, 0.1) is 6.92 Å². The molecule has 1 amide bonds. The molecule has 0 radical (unpaired) electrons. The first-order valence-electron chi connectivity index (χ1n) is 4.65. The molecule has 0 unspecified atom stereocenters. The molecule has 1 aromatic carbocycles. The molecule has 0 atom stereocenters. The number of nitrogens with one attached hydrogen (secondary N) is 1. The molecule has 0 bridgehead atoms. The Morgan fingerprint density at radius 1 is 1.57 bits per heavy atom. The summed E-state index contributed by atoms with van der Waals surface area (Å²) in [6.45, 7) is 6.09. The highest BCUT2D eigenvalue weighted by molar-refractivity contribution is 5.78. The van der Waals surface area contributed by atoms with E-state index in [1.807, 2.05) is 31.2 Å². The molecule has 0 spiro atoms. The summed E-state index contributed by atoms with van der Waals surface area (Å²) in [6.07, 6.45) is 2.11. The number of aryl methyl sites for hydroxylation is 1. The normalized spacial score (nSPS) is 9.50. The first-order chi connectivity index (χ1) is 6.72. The number of hydrogen-bond acceptors (Lipinski definition) is 1. The Kier molecular flexibility index (Phi) is 3.92. The lowest BCUT2D eigenvalue weighted by Gasteiger charge is -2.03. The maximum absolute atomic E-state index is 11.3. The van der Waals surface area contributed by atoms with Crippen molar-refractivity contribution in [2.24, 2.45) is 0 Å². The van der Waals surface area contributed by atoms with Crippen molar-refractivity contribution in [2.75, 3.05) is 6.54 Å². The molecule has 0 aliphatic rings. The summed E-state index contributed by atoms with van der Waals surface area (Å²) in [6, 6.07) is 7.96. The second kappa shape index (κ2) is 5.22. The number of hydrogen-bond donors (Lipinski definition) is 1. The van der Waals surface area contributed by atoms with Gasteiger partial charge in [0.2, 0.25) is 5.91 Å². The van der Waals surface area contributed by atoms with Crippen molar-refractivity contribution in [2.45, 2.75) is 13.3 Å². The molecule has 0 saturated heterocycles. The Morgan fingerprint density at radius 3 is 3.00 bits per heavy atom. The highest BCUT2D eigenvalue weighted by Crippen LogP contribution is 2.04. The SMILES string of the molecule is C=CCNC(=O)Cc1cccc(C)c1. The van der Waals surface area contributed by atoms with Crippen molar-refractivity contribution < 1.29 is 4.79 Å². The van der Waals surface area contributed by atoms with Gasteiger partial charge in [-0.05, 0) is 12.5 Å². The van der Waals surface area contributed by atoms with E-state index in [1.165, 1.54) is 5.56 Å². The summed E-state index contributed by atoms with van der Waals surface area (Å²) >= 11 is 0. The standard InChI is InChI=1S/C12H15NO/c1-3-7-13-12(14)9-11-6-4-5-10(2)8-11/h3-6,8H,1,7,9H2,2H3,(H,13,14). The molecule has 2 heteroatoms. The minimum atomic E-state index is 0.0375. The van der Waals surface area contributed by atoms with E-state index in [4.69, 9.17) is 0 Å². The summed E-state index contributed by atoms with van der Waals surface area (Å²) in [4.78, 5) is 11.3. The van der Waals surface area contributed by atoms with Crippen molar-refractivity contribution in [3.8, 4) is 0 Å². The van der Waals surface area contributed by atoms with Crippen molar-refractivity contribution >= 4 is 5.91 Å². The number of rotatable bonds is 4. The molecule has 1 N–H and O–H groups in total. The average Bonchev–Trinajstić information content (AvgIpc) is 2.15. The second-order valence-corrected chi connectivity index (χ2v) is 3.26. The molecule has 0 aliphatic carbocycles. The van der Waals surface area contributed by atoms with Crippen LogP contribution in [0.2, 0.25) is 0 Å². The predicted octanol–water partition coefficient (Wildman–Crippen LogP) is 1.84. The lowest BCUT2D eigenvalue weighted by Crippen LogP contribution is -2.24. The molecule has 0 aromatic heterocycles. The van der Waals surface area contributed by atoms with Crippen molar-refractivity contribution in [3.63, 3.8) is 0 Å². The molecule has 0 saturated carbocycles. The molecule has 1 rings (SSSR count). The Morgan fingerprint density at radius 2 is 2.36 bits per heavy atom. The molecule has 0 aliphatic heterocycles. The van der Waals surface area contributed by atoms with Crippen molar-refractivity contribution in [3.05, 3.63) is 48.0 Å². The smallest absolute Gasteiger partial charge is 0.224 e. The van der Waals surface area contributed by atoms with Gasteiger partial charge in [0.15, 0.2) is 0 Å². The molecule has 0 heterocycles. The van der Waals surface area contributed by atoms with E-state index in [0.29, 0.717) is 13.0 Å². The van der Waals surface area contributed by atoms with Gasteiger partial charge in [-0.3, -0.25) is 4.79 Å². The topological polar surface area (TPSA) is 29.1 Å². The van der Waals surface area contributed by atoms with Crippen LogP contribution in [-0.4, -0.2) is 12.5 Å². The number of amides is 1. The van der Waals surface area contributed by atoms with E-state index >= 15 is 0 Å². The van der Waals surface area contributed by atoms with Crippen LogP contribution in [0.3, 0.4) is 0 Å². The Labute approximate surface area is 84.6 Å². The van der Waals surface area contributed by atoms with Crippen molar-refractivity contribution in [1.29, 1.82) is 0 Å². The van der Waals surface area contributed by atoms with Crippen LogP contribution in [0.5, 0.6) is 0 Å². The lowest BCUT2D eigenvalue weighted by atomic mass is 10.1. The number of carbonyl (C=O) groups excluding carboxylic acids is 1. The van der Waals surface area contributed by atoms with Crippen LogP contribution in [0.4, 0.5) is 0 Å². The van der Waals surface area contributed by atoms with Crippen LogP contribution < -0.4 is 5.32 Å². The average molecular weight is 189 g/mol. The van der Waals surface area contributed by atoms with Crippen LogP contribution in [0.1, 0.15) is 11.1 Å². The Balaban J connectivity index is 2.51. The van der Waals surface area contributed by atoms with Crippen LogP contribution in [0.25, 0.3) is 0 Å². The van der Waals surface area contributed by atoms with Gasteiger partial charge in [0.1, 0.15) is 0 Å². The summed E-state index contributed by atoms with van der Waals surface area (Å²) in [5.41, 5.74) is 2.23. The fraction of sp³-hybridized carbons (Fsp3) is 0.250. The highest BCUT2D eigenvalue weighted by atomic mass is 16.1. The Bertz CT molecular complexity index is 331. The van der Waals surface area contributed by atoms with E-state index in [-0.39, 0.29) is 5.91 Å². The lowest BCUT2D eigenvalue weighted by molar-refractivity contribution is -0.120. The molecule has 14 heavy (non-hydrogen) atoms. The van der Waals surface area contributed by atoms with Gasteiger partial charge in [-0.15, -0.1) is 6.58 Å². The third-order valence-electron chi connectivity index (χ3n) is 1.89. The van der Waals surface area contributed by atoms with E-state index in [0.717, 1.165) is 5.56 Å². The van der Waals surface area contributed by atoms with Gasteiger partial charge in [0.25, 0.3) is 0 Å². The summed E-state index contributed by atoms with van der Waals surface area (Å²) < 4.78 is 0. The minimum Gasteiger partial charge on any atom is -0.352 e. The number of carbonyl (C=O) groups is 1. The van der Waals surface area contributed by atoms with E-state index < -0.39 is 0 Å². The molecular formula is C12H15NO. The van der Waals surface area contributed by atoms with Gasteiger partial charge >= 0.3 is 0 Å². The van der Waals surface area contributed by atoms with Crippen LogP contribution >= 0.6 is 0 Å². The quantitative estimate of drug-likeness (QED) is 0.719. The van der Waals surface area contributed by atoms with Gasteiger partial charge in [0.05, 0.1) is 6.42 Å². The first kappa shape index (κ1) is 10.5. The molecular weight excluding hydrogens is 174 g/mol.